The molecule has 0 aliphatic heterocycles. The number of aryl methyl sites for hydroxylation is 1. The van der Waals surface area contributed by atoms with Crippen LogP contribution in [0.5, 0.6) is 0 Å². The van der Waals surface area contributed by atoms with Crippen LogP contribution < -0.4 is 10.6 Å². The van der Waals surface area contributed by atoms with Gasteiger partial charge in [-0.2, -0.15) is 0 Å². The summed E-state index contributed by atoms with van der Waals surface area (Å²) in [6, 6.07) is 5.69. The van der Waals surface area contributed by atoms with E-state index in [4.69, 9.17) is 0 Å². The van der Waals surface area contributed by atoms with E-state index in [1.807, 2.05) is 29.0 Å². The van der Waals surface area contributed by atoms with Crippen LogP contribution in [0.3, 0.4) is 0 Å². The summed E-state index contributed by atoms with van der Waals surface area (Å²) in [6.45, 7) is 0.394. The van der Waals surface area contributed by atoms with Crippen molar-refractivity contribution in [1.82, 2.24) is 10.6 Å². The lowest BCUT2D eigenvalue weighted by Gasteiger charge is -2.32. The lowest BCUT2D eigenvalue weighted by Crippen LogP contribution is -2.47. The molecule has 2 amide bonds. The highest BCUT2D eigenvalue weighted by molar-refractivity contribution is 7.10. The van der Waals surface area contributed by atoms with Crippen molar-refractivity contribution in [3.63, 3.8) is 0 Å². The van der Waals surface area contributed by atoms with E-state index >= 15 is 0 Å². The third kappa shape index (κ3) is 3.63. The van der Waals surface area contributed by atoms with E-state index in [0.717, 1.165) is 28.2 Å². The van der Waals surface area contributed by atoms with Gasteiger partial charge in [-0.25, -0.2) is 0 Å². The molecule has 1 aliphatic carbocycles. The summed E-state index contributed by atoms with van der Waals surface area (Å²) in [4.78, 5) is 25.9. The molecule has 7 heteroatoms. The van der Waals surface area contributed by atoms with Gasteiger partial charge < -0.3 is 15.7 Å². The van der Waals surface area contributed by atoms with Crippen molar-refractivity contribution in [2.24, 2.45) is 0 Å². The molecule has 0 fully saturated rings. The molecule has 1 unspecified atom stereocenters. The first-order chi connectivity index (χ1) is 11.1. The molecule has 2 heterocycles. The van der Waals surface area contributed by atoms with Crippen molar-refractivity contribution < 1.29 is 14.7 Å². The van der Waals surface area contributed by atoms with Crippen LogP contribution in [0.15, 0.2) is 29.0 Å². The van der Waals surface area contributed by atoms with Gasteiger partial charge in [-0.1, -0.05) is 6.07 Å². The summed E-state index contributed by atoms with van der Waals surface area (Å²) in [5.74, 6) is -1.39. The lowest BCUT2D eigenvalue weighted by molar-refractivity contribution is -0.140. The quantitative estimate of drug-likeness (QED) is 0.736. The topological polar surface area (TPSA) is 78.4 Å². The van der Waals surface area contributed by atoms with Gasteiger partial charge in [-0.15, -0.1) is 22.7 Å². The molecule has 0 bridgehead atoms. The minimum absolute atomic E-state index is 0.0575. The first-order valence-electron chi connectivity index (χ1n) is 7.46. The molecule has 2 aromatic heterocycles. The zero-order valence-electron chi connectivity index (χ0n) is 12.5. The molecule has 1 atom stereocenters. The molecule has 0 saturated heterocycles. The summed E-state index contributed by atoms with van der Waals surface area (Å²) in [5, 5.41) is 19.8. The van der Waals surface area contributed by atoms with Gasteiger partial charge in [0, 0.05) is 9.75 Å². The lowest BCUT2D eigenvalue weighted by atomic mass is 9.83. The maximum Gasteiger partial charge on any atom is 0.309 e. The fraction of sp³-hybridized carbons (Fsp3) is 0.375. The average molecular weight is 350 g/mol. The molecular weight excluding hydrogens is 332 g/mol. The normalized spacial score (nSPS) is 19.9. The summed E-state index contributed by atoms with van der Waals surface area (Å²) >= 11 is 3.14. The molecule has 0 radical (unpaired) electrons. The van der Waals surface area contributed by atoms with Gasteiger partial charge in [0.05, 0.1) is 13.1 Å². The van der Waals surface area contributed by atoms with Crippen molar-refractivity contribution in [2.45, 2.75) is 31.4 Å². The predicted molar refractivity (Wildman–Crippen MR) is 90.3 cm³/mol. The van der Waals surface area contributed by atoms with E-state index in [0.29, 0.717) is 13.0 Å². The molecule has 0 saturated carbocycles. The number of carbonyl (C=O) groups excluding carboxylic acids is 2. The maximum absolute atomic E-state index is 11.9. The fourth-order valence-corrected chi connectivity index (χ4v) is 4.44. The molecule has 3 N–H and O–H groups in total. The van der Waals surface area contributed by atoms with Crippen molar-refractivity contribution in [2.75, 3.05) is 6.54 Å². The second kappa shape index (κ2) is 6.82. The molecule has 2 aromatic rings. The highest BCUT2D eigenvalue weighted by atomic mass is 32.1. The van der Waals surface area contributed by atoms with Crippen LogP contribution in [0, 0.1) is 0 Å². The predicted octanol–water partition coefficient (Wildman–Crippen LogP) is 1.77. The Morgan fingerprint density at radius 1 is 1.17 bits per heavy atom. The molecule has 5 nitrogen and oxygen atoms in total. The summed E-state index contributed by atoms with van der Waals surface area (Å²) < 4.78 is 0. The Hall–Kier alpha value is -1.70. The zero-order valence-corrected chi connectivity index (χ0v) is 14.1. The van der Waals surface area contributed by atoms with Crippen LogP contribution in [-0.4, -0.2) is 23.5 Å². The largest absolute Gasteiger partial charge is 0.383 e. The Morgan fingerprint density at radius 3 is 2.78 bits per heavy atom. The van der Waals surface area contributed by atoms with Crippen LogP contribution in [0.2, 0.25) is 0 Å². The third-order valence-electron chi connectivity index (χ3n) is 3.99. The molecule has 0 aromatic carbocycles. The maximum atomic E-state index is 11.9. The van der Waals surface area contributed by atoms with E-state index in [9.17, 15) is 14.7 Å². The van der Waals surface area contributed by atoms with Crippen molar-refractivity contribution in [3.8, 4) is 0 Å². The van der Waals surface area contributed by atoms with Crippen molar-refractivity contribution >= 4 is 34.5 Å². The average Bonchev–Trinajstić information content (AvgIpc) is 3.22. The Labute approximate surface area is 142 Å². The third-order valence-corrected chi connectivity index (χ3v) is 5.85. The van der Waals surface area contributed by atoms with Crippen LogP contribution >= 0.6 is 22.7 Å². The molecule has 122 valence electrons. The van der Waals surface area contributed by atoms with E-state index in [1.165, 1.54) is 11.3 Å². The Kier molecular flexibility index (Phi) is 4.79. The van der Waals surface area contributed by atoms with Crippen LogP contribution in [0.25, 0.3) is 0 Å². The number of aliphatic hydroxyl groups is 1. The zero-order chi connectivity index (χ0) is 16.3. The van der Waals surface area contributed by atoms with Gasteiger partial charge in [0.2, 0.25) is 0 Å². The van der Waals surface area contributed by atoms with Gasteiger partial charge in [0.1, 0.15) is 5.60 Å². The SMILES string of the molecule is O=C(NCc1cccs1)C(=O)NCC1(O)CCCc2sccc21. The number of thiophene rings is 2. The second-order valence-corrected chi connectivity index (χ2v) is 7.62. The monoisotopic (exact) mass is 350 g/mol. The first-order valence-corrected chi connectivity index (χ1v) is 9.22. The van der Waals surface area contributed by atoms with Gasteiger partial charge in [0.15, 0.2) is 0 Å². The van der Waals surface area contributed by atoms with Crippen LogP contribution in [-0.2, 0) is 28.2 Å². The van der Waals surface area contributed by atoms with Crippen molar-refractivity contribution in [1.29, 1.82) is 0 Å². The number of fused-ring (bicyclic) bond motifs is 1. The van der Waals surface area contributed by atoms with Gasteiger partial charge in [0.25, 0.3) is 0 Å². The fourth-order valence-electron chi connectivity index (χ4n) is 2.78. The van der Waals surface area contributed by atoms with Gasteiger partial charge in [-0.05, 0) is 47.7 Å². The first kappa shape index (κ1) is 16.2. The minimum atomic E-state index is -1.07. The molecular formula is C16H18N2O3S2. The van der Waals surface area contributed by atoms with Crippen LogP contribution in [0.1, 0.15) is 28.2 Å². The summed E-state index contributed by atoms with van der Waals surface area (Å²) in [7, 11) is 0. The van der Waals surface area contributed by atoms with E-state index in [-0.39, 0.29) is 6.54 Å². The summed E-state index contributed by atoms with van der Waals surface area (Å²) in [5.41, 5.74) is -0.190. The Morgan fingerprint density at radius 2 is 2.00 bits per heavy atom. The highest BCUT2D eigenvalue weighted by Crippen LogP contribution is 2.37. The Balaban J connectivity index is 1.54. The van der Waals surface area contributed by atoms with Gasteiger partial charge >= 0.3 is 11.8 Å². The minimum Gasteiger partial charge on any atom is -0.383 e. The summed E-state index contributed by atoms with van der Waals surface area (Å²) in [6.07, 6.45) is 2.43. The second-order valence-electron chi connectivity index (χ2n) is 5.59. The van der Waals surface area contributed by atoms with Gasteiger partial charge in [-0.3, -0.25) is 9.59 Å². The number of nitrogens with one attached hydrogen (secondary N) is 2. The number of hydrogen-bond donors (Lipinski definition) is 3. The number of rotatable bonds is 4. The number of amides is 2. The Bertz CT molecular complexity index is 696. The van der Waals surface area contributed by atoms with Crippen LogP contribution in [0.4, 0.5) is 0 Å². The van der Waals surface area contributed by atoms with E-state index in [2.05, 4.69) is 10.6 Å². The molecule has 1 aliphatic rings. The number of carbonyl (C=O) groups is 2. The highest BCUT2D eigenvalue weighted by Gasteiger charge is 2.35. The molecule has 23 heavy (non-hydrogen) atoms. The van der Waals surface area contributed by atoms with E-state index < -0.39 is 17.4 Å². The molecule has 0 spiro atoms. The smallest absolute Gasteiger partial charge is 0.309 e. The molecule has 3 rings (SSSR count). The number of hydrogen-bond acceptors (Lipinski definition) is 5. The standard InChI is InChI=1S/C16H18N2O3S2/c19-14(17-9-11-3-2-7-22-11)15(20)18-10-16(21)6-1-4-13-12(16)5-8-23-13/h2-3,5,7-8,21H,1,4,6,9-10H2,(H,17,19)(H,18,20). The van der Waals surface area contributed by atoms with Crippen molar-refractivity contribution in [3.05, 3.63) is 44.3 Å². The van der Waals surface area contributed by atoms with E-state index in [1.54, 1.807) is 11.3 Å².